The van der Waals surface area contributed by atoms with Gasteiger partial charge in [-0.3, -0.25) is 0 Å². The highest BCUT2D eigenvalue weighted by molar-refractivity contribution is 9.11. The first kappa shape index (κ1) is 16.1. The fourth-order valence-electron chi connectivity index (χ4n) is 1.72. The summed E-state index contributed by atoms with van der Waals surface area (Å²) in [6.07, 6.45) is 0. The lowest BCUT2D eigenvalue weighted by molar-refractivity contribution is 0.568. The number of nitrogens with one attached hydrogen (secondary N) is 1. The molecule has 0 radical (unpaired) electrons. The first-order chi connectivity index (χ1) is 9.33. The smallest absolute Gasteiger partial charge is 0.243 e. The SMILES string of the molecule is Cc1ccc(C(C)NS(=O)(=O)c2cc(CN)sc2Br)s1. The molecule has 2 aromatic rings. The van der Waals surface area contributed by atoms with Crippen molar-refractivity contribution in [3.63, 3.8) is 0 Å². The van der Waals surface area contributed by atoms with E-state index in [0.717, 1.165) is 14.6 Å². The molecule has 0 bridgehead atoms. The molecule has 4 nitrogen and oxygen atoms in total. The molecule has 0 fully saturated rings. The lowest BCUT2D eigenvalue weighted by atomic mass is 10.3. The molecule has 1 unspecified atom stereocenters. The second kappa shape index (κ2) is 6.25. The largest absolute Gasteiger partial charge is 0.326 e. The number of hydrogen-bond donors (Lipinski definition) is 2. The quantitative estimate of drug-likeness (QED) is 0.815. The molecule has 8 heteroatoms. The highest BCUT2D eigenvalue weighted by Gasteiger charge is 2.23. The normalized spacial score (nSPS) is 13.6. The summed E-state index contributed by atoms with van der Waals surface area (Å²) in [6.45, 7) is 4.17. The van der Waals surface area contributed by atoms with E-state index in [0.29, 0.717) is 10.3 Å². The molecular weight excluding hydrogens is 380 g/mol. The van der Waals surface area contributed by atoms with Crippen molar-refractivity contribution in [2.24, 2.45) is 5.73 Å². The van der Waals surface area contributed by atoms with Crippen molar-refractivity contribution in [3.05, 3.63) is 36.6 Å². The van der Waals surface area contributed by atoms with E-state index < -0.39 is 10.0 Å². The number of nitrogens with two attached hydrogens (primary N) is 1. The molecule has 0 spiro atoms. The molecule has 0 aliphatic carbocycles. The van der Waals surface area contributed by atoms with Gasteiger partial charge in [-0.15, -0.1) is 22.7 Å². The first-order valence-corrected chi connectivity index (χ1v) is 9.81. The van der Waals surface area contributed by atoms with Gasteiger partial charge in [-0.2, -0.15) is 0 Å². The third-order valence-electron chi connectivity index (χ3n) is 2.72. The van der Waals surface area contributed by atoms with E-state index in [2.05, 4.69) is 20.7 Å². The van der Waals surface area contributed by atoms with Crippen molar-refractivity contribution in [2.45, 2.75) is 31.3 Å². The Morgan fingerprint density at radius 3 is 2.60 bits per heavy atom. The predicted molar refractivity (Wildman–Crippen MR) is 87.7 cm³/mol. The van der Waals surface area contributed by atoms with Crippen molar-refractivity contribution in [1.29, 1.82) is 0 Å². The maximum Gasteiger partial charge on any atom is 0.243 e. The highest BCUT2D eigenvalue weighted by atomic mass is 79.9. The standard InChI is InChI=1S/C12H15BrN2O2S3/c1-7-3-4-10(18-7)8(2)15-20(16,17)11-5-9(6-14)19-12(11)13/h3-5,8,15H,6,14H2,1-2H3. The third kappa shape index (κ3) is 3.49. The van der Waals surface area contributed by atoms with Crippen LogP contribution in [-0.4, -0.2) is 8.42 Å². The summed E-state index contributed by atoms with van der Waals surface area (Å²) in [6, 6.07) is 5.29. The zero-order chi connectivity index (χ0) is 14.9. The molecule has 2 heterocycles. The number of hydrogen-bond acceptors (Lipinski definition) is 5. The second-order valence-electron chi connectivity index (χ2n) is 4.35. The van der Waals surface area contributed by atoms with Crippen LogP contribution in [-0.2, 0) is 16.6 Å². The van der Waals surface area contributed by atoms with Gasteiger partial charge in [-0.1, -0.05) is 0 Å². The predicted octanol–water partition coefficient (Wildman–Crippen LogP) is 3.38. The minimum Gasteiger partial charge on any atom is -0.326 e. The summed E-state index contributed by atoms with van der Waals surface area (Å²) in [5.74, 6) is 0. The van der Waals surface area contributed by atoms with Crippen LogP contribution in [0.25, 0.3) is 0 Å². The molecular formula is C12H15BrN2O2S3. The number of rotatable bonds is 5. The molecule has 0 saturated carbocycles. The molecule has 0 aliphatic heterocycles. The molecule has 1 atom stereocenters. The van der Waals surface area contributed by atoms with E-state index in [1.165, 1.54) is 11.3 Å². The maximum absolute atomic E-state index is 12.4. The third-order valence-corrected chi connectivity index (χ3v) is 7.72. The van der Waals surface area contributed by atoms with E-state index in [4.69, 9.17) is 5.73 Å². The van der Waals surface area contributed by atoms with Crippen LogP contribution in [0.2, 0.25) is 0 Å². The Morgan fingerprint density at radius 2 is 2.10 bits per heavy atom. The molecule has 0 amide bonds. The lowest BCUT2D eigenvalue weighted by Crippen LogP contribution is -2.26. The average Bonchev–Trinajstić information content (AvgIpc) is 2.95. The highest BCUT2D eigenvalue weighted by Crippen LogP contribution is 2.32. The van der Waals surface area contributed by atoms with E-state index >= 15 is 0 Å². The van der Waals surface area contributed by atoms with E-state index in [9.17, 15) is 8.42 Å². The van der Waals surface area contributed by atoms with Gasteiger partial charge in [0.2, 0.25) is 10.0 Å². The zero-order valence-corrected chi connectivity index (χ0v) is 15.0. The Balaban J connectivity index is 2.24. The van der Waals surface area contributed by atoms with Gasteiger partial charge in [0.15, 0.2) is 0 Å². The van der Waals surface area contributed by atoms with Gasteiger partial charge in [-0.25, -0.2) is 13.1 Å². The van der Waals surface area contributed by atoms with E-state index in [1.54, 1.807) is 17.4 Å². The Kier molecular flexibility index (Phi) is 5.04. The van der Waals surface area contributed by atoms with Crippen LogP contribution >= 0.6 is 38.6 Å². The van der Waals surface area contributed by atoms with Crippen molar-refractivity contribution in [3.8, 4) is 0 Å². The van der Waals surface area contributed by atoms with Crippen molar-refractivity contribution in [2.75, 3.05) is 0 Å². The minimum absolute atomic E-state index is 0.253. The molecule has 0 saturated heterocycles. The van der Waals surface area contributed by atoms with Crippen LogP contribution in [0.4, 0.5) is 0 Å². The van der Waals surface area contributed by atoms with Crippen molar-refractivity contribution >= 4 is 48.6 Å². The van der Waals surface area contributed by atoms with Crippen LogP contribution in [0.1, 0.15) is 27.6 Å². The van der Waals surface area contributed by atoms with Gasteiger partial charge in [0, 0.05) is 21.2 Å². The summed E-state index contributed by atoms with van der Waals surface area (Å²) >= 11 is 6.22. The Bertz CT molecular complexity index is 706. The minimum atomic E-state index is -3.55. The molecule has 110 valence electrons. The Labute approximate surface area is 135 Å². The fraction of sp³-hybridized carbons (Fsp3) is 0.333. The number of aryl methyl sites for hydroxylation is 1. The first-order valence-electron chi connectivity index (χ1n) is 5.90. The molecule has 0 aliphatic rings. The summed E-state index contributed by atoms with van der Waals surface area (Å²) in [4.78, 5) is 3.24. The zero-order valence-electron chi connectivity index (χ0n) is 11.0. The van der Waals surface area contributed by atoms with Crippen LogP contribution in [0.3, 0.4) is 0 Å². The van der Waals surface area contributed by atoms with Gasteiger partial charge in [0.1, 0.15) is 4.90 Å². The van der Waals surface area contributed by atoms with Gasteiger partial charge < -0.3 is 5.73 Å². The lowest BCUT2D eigenvalue weighted by Gasteiger charge is -2.12. The topological polar surface area (TPSA) is 72.2 Å². The number of sulfonamides is 1. The van der Waals surface area contributed by atoms with Crippen LogP contribution in [0.15, 0.2) is 26.9 Å². The fourth-order valence-corrected chi connectivity index (χ4v) is 6.46. The second-order valence-corrected chi connectivity index (χ2v) is 9.80. The van der Waals surface area contributed by atoms with Gasteiger partial charge >= 0.3 is 0 Å². The van der Waals surface area contributed by atoms with Gasteiger partial charge in [0.25, 0.3) is 0 Å². The molecule has 20 heavy (non-hydrogen) atoms. The van der Waals surface area contributed by atoms with Crippen molar-refractivity contribution in [1.82, 2.24) is 4.72 Å². The molecule has 2 aromatic heterocycles. The number of halogens is 1. The summed E-state index contributed by atoms with van der Waals surface area (Å²) < 4.78 is 28.1. The number of thiophene rings is 2. The maximum atomic E-state index is 12.4. The Morgan fingerprint density at radius 1 is 1.40 bits per heavy atom. The van der Waals surface area contributed by atoms with Crippen LogP contribution < -0.4 is 10.5 Å². The summed E-state index contributed by atoms with van der Waals surface area (Å²) in [5.41, 5.74) is 5.55. The van der Waals surface area contributed by atoms with Gasteiger partial charge in [0.05, 0.1) is 9.83 Å². The van der Waals surface area contributed by atoms with Crippen molar-refractivity contribution < 1.29 is 8.42 Å². The van der Waals surface area contributed by atoms with Gasteiger partial charge in [-0.05, 0) is 48.0 Å². The van der Waals surface area contributed by atoms with Crippen LogP contribution in [0.5, 0.6) is 0 Å². The Hall–Kier alpha value is -0.250. The molecule has 0 aromatic carbocycles. The monoisotopic (exact) mass is 394 g/mol. The average molecular weight is 395 g/mol. The summed E-state index contributed by atoms with van der Waals surface area (Å²) in [7, 11) is -3.55. The van der Waals surface area contributed by atoms with E-state index in [-0.39, 0.29) is 10.9 Å². The molecule has 3 N–H and O–H groups in total. The molecule has 2 rings (SSSR count). The summed E-state index contributed by atoms with van der Waals surface area (Å²) in [5, 5.41) is 0. The van der Waals surface area contributed by atoms with Crippen LogP contribution in [0, 0.1) is 6.92 Å². The van der Waals surface area contributed by atoms with E-state index in [1.807, 2.05) is 26.0 Å².